The van der Waals surface area contributed by atoms with Crippen molar-refractivity contribution in [3.8, 4) is 17.0 Å². The van der Waals surface area contributed by atoms with Crippen molar-refractivity contribution in [2.45, 2.75) is 12.8 Å². The normalized spacial score (nSPS) is 16.1. The number of nitrogens with one attached hydrogen (secondary N) is 1. The molecule has 0 spiro atoms. The summed E-state index contributed by atoms with van der Waals surface area (Å²) < 4.78 is 5.41. The first-order valence-corrected chi connectivity index (χ1v) is 10.8. The van der Waals surface area contributed by atoms with Crippen LogP contribution >= 0.6 is 23.2 Å². The number of amides is 1. The molecule has 1 aliphatic rings. The molecule has 1 atom stereocenters. The van der Waals surface area contributed by atoms with Gasteiger partial charge in [0.05, 0.1) is 29.4 Å². The van der Waals surface area contributed by atoms with Crippen molar-refractivity contribution in [3.63, 3.8) is 0 Å². The fraction of sp³-hybridized carbons (Fsp3) is 0.261. The first-order chi connectivity index (χ1) is 15.0. The third-order valence-electron chi connectivity index (χ3n) is 5.34. The summed E-state index contributed by atoms with van der Waals surface area (Å²) in [7, 11) is 1.64. The number of carbonyl (C=O) groups excluding carboxylic acids is 1. The Morgan fingerprint density at radius 1 is 1.13 bits per heavy atom. The molecular weight excluding hydrogens is 435 g/mol. The van der Waals surface area contributed by atoms with E-state index in [-0.39, 0.29) is 11.8 Å². The van der Waals surface area contributed by atoms with Gasteiger partial charge in [0, 0.05) is 23.7 Å². The highest BCUT2D eigenvalue weighted by Crippen LogP contribution is 2.30. The molecule has 1 unspecified atom stereocenters. The van der Waals surface area contributed by atoms with Gasteiger partial charge in [-0.2, -0.15) is 0 Å². The fourth-order valence-electron chi connectivity index (χ4n) is 3.72. The van der Waals surface area contributed by atoms with Crippen LogP contribution in [0.2, 0.25) is 10.0 Å². The quantitative estimate of drug-likeness (QED) is 0.562. The molecule has 8 heteroatoms. The number of halogens is 2. The van der Waals surface area contributed by atoms with Gasteiger partial charge in [0.2, 0.25) is 5.91 Å². The molecule has 0 bridgehead atoms. The number of carbonyl (C=O) groups is 1. The van der Waals surface area contributed by atoms with Gasteiger partial charge in [-0.1, -0.05) is 35.3 Å². The van der Waals surface area contributed by atoms with Crippen LogP contribution < -0.4 is 15.0 Å². The van der Waals surface area contributed by atoms with Gasteiger partial charge in [0.25, 0.3) is 0 Å². The molecule has 31 heavy (non-hydrogen) atoms. The van der Waals surface area contributed by atoms with E-state index in [0.29, 0.717) is 22.3 Å². The minimum absolute atomic E-state index is 0.0764. The number of aromatic nitrogens is 2. The molecule has 1 amide bonds. The maximum absolute atomic E-state index is 12.8. The summed E-state index contributed by atoms with van der Waals surface area (Å²) in [5.41, 5.74) is 2.15. The molecule has 0 saturated carbocycles. The zero-order valence-corrected chi connectivity index (χ0v) is 18.5. The maximum Gasteiger partial charge on any atom is 0.229 e. The summed E-state index contributed by atoms with van der Waals surface area (Å²) in [6.45, 7) is 1.39. The number of hydrogen-bond donors (Lipinski definition) is 1. The standard InChI is InChI=1S/C23H22Cl2N4O2/c1-31-21-7-3-2-6-17(21)19-10-11-22(28-27-19)29-12-4-5-15(14-29)23(30)26-20-13-16(24)8-9-18(20)25/h2-3,6-11,13,15H,4-5,12,14H2,1H3,(H,26,30). The van der Waals surface area contributed by atoms with E-state index in [1.807, 2.05) is 36.4 Å². The van der Waals surface area contributed by atoms with Crippen LogP contribution in [0.1, 0.15) is 12.8 Å². The molecule has 1 N–H and O–H groups in total. The van der Waals surface area contributed by atoms with Gasteiger partial charge in [0.15, 0.2) is 5.82 Å². The molecule has 2 heterocycles. The van der Waals surface area contributed by atoms with Crippen LogP contribution in [-0.2, 0) is 4.79 Å². The Kier molecular flexibility index (Phi) is 6.59. The minimum atomic E-state index is -0.181. The van der Waals surface area contributed by atoms with Crippen LogP contribution in [0, 0.1) is 5.92 Å². The highest BCUT2D eigenvalue weighted by Gasteiger charge is 2.27. The minimum Gasteiger partial charge on any atom is -0.496 e. The maximum atomic E-state index is 12.8. The third kappa shape index (κ3) is 4.92. The lowest BCUT2D eigenvalue weighted by atomic mass is 9.97. The number of methoxy groups -OCH3 is 1. The Hall–Kier alpha value is -2.83. The van der Waals surface area contributed by atoms with Crippen LogP contribution in [0.3, 0.4) is 0 Å². The van der Waals surface area contributed by atoms with Crippen molar-refractivity contribution < 1.29 is 9.53 Å². The zero-order valence-electron chi connectivity index (χ0n) is 17.0. The van der Waals surface area contributed by atoms with Gasteiger partial charge < -0.3 is 15.0 Å². The molecule has 0 radical (unpaired) electrons. The second kappa shape index (κ2) is 9.54. The van der Waals surface area contributed by atoms with Crippen LogP contribution in [0.25, 0.3) is 11.3 Å². The van der Waals surface area contributed by atoms with E-state index in [4.69, 9.17) is 27.9 Å². The Labute approximate surface area is 191 Å². The predicted molar refractivity (Wildman–Crippen MR) is 124 cm³/mol. The Balaban J connectivity index is 1.46. The molecule has 3 aromatic rings. The number of para-hydroxylation sites is 1. The highest BCUT2D eigenvalue weighted by molar-refractivity contribution is 6.35. The molecule has 1 fully saturated rings. The van der Waals surface area contributed by atoms with E-state index >= 15 is 0 Å². The lowest BCUT2D eigenvalue weighted by Crippen LogP contribution is -2.41. The molecule has 1 aromatic heterocycles. The van der Waals surface area contributed by atoms with Gasteiger partial charge in [-0.05, 0) is 55.3 Å². The van der Waals surface area contributed by atoms with Gasteiger partial charge in [-0.15, -0.1) is 10.2 Å². The van der Waals surface area contributed by atoms with Crippen LogP contribution in [-0.4, -0.2) is 36.3 Å². The van der Waals surface area contributed by atoms with E-state index in [0.717, 1.165) is 42.2 Å². The van der Waals surface area contributed by atoms with Gasteiger partial charge in [0.1, 0.15) is 5.75 Å². The third-order valence-corrected chi connectivity index (χ3v) is 5.90. The Bertz CT molecular complexity index is 1080. The molecule has 2 aromatic carbocycles. The van der Waals surface area contributed by atoms with Crippen molar-refractivity contribution in [3.05, 3.63) is 64.6 Å². The SMILES string of the molecule is COc1ccccc1-c1ccc(N2CCCC(C(=O)Nc3cc(Cl)ccc3Cl)C2)nn1. The van der Waals surface area contributed by atoms with Crippen LogP contribution in [0.5, 0.6) is 5.75 Å². The highest BCUT2D eigenvalue weighted by atomic mass is 35.5. The molecule has 0 aliphatic carbocycles. The fourth-order valence-corrected chi connectivity index (χ4v) is 4.06. The Morgan fingerprint density at radius 2 is 1.97 bits per heavy atom. The number of nitrogens with zero attached hydrogens (tertiary/aromatic N) is 3. The molecule has 1 aliphatic heterocycles. The summed E-state index contributed by atoms with van der Waals surface area (Å²) in [6.07, 6.45) is 1.69. The first kappa shape index (κ1) is 21.4. The summed E-state index contributed by atoms with van der Waals surface area (Å²) in [6, 6.07) is 16.6. The summed E-state index contributed by atoms with van der Waals surface area (Å²) >= 11 is 12.2. The summed E-state index contributed by atoms with van der Waals surface area (Å²) in [5.74, 6) is 1.24. The number of rotatable bonds is 5. The van der Waals surface area contributed by atoms with Crippen molar-refractivity contribution in [1.29, 1.82) is 0 Å². The number of ether oxygens (including phenoxy) is 1. The van der Waals surface area contributed by atoms with Gasteiger partial charge in [-0.25, -0.2) is 0 Å². The topological polar surface area (TPSA) is 67.3 Å². The van der Waals surface area contributed by atoms with Crippen molar-refractivity contribution in [2.24, 2.45) is 5.92 Å². The number of benzene rings is 2. The monoisotopic (exact) mass is 456 g/mol. The lowest BCUT2D eigenvalue weighted by Gasteiger charge is -2.32. The number of piperidine rings is 1. The van der Waals surface area contributed by atoms with Crippen LogP contribution in [0.15, 0.2) is 54.6 Å². The van der Waals surface area contributed by atoms with E-state index in [1.54, 1.807) is 25.3 Å². The molecule has 6 nitrogen and oxygen atoms in total. The zero-order chi connectivity index (χ0) is 21.8. The van der Waals surface area contributed by atoms with Gasteiger partial charge in [-0.3, -0.25) is 4.79 Å². The van der Waals surface area contributed by atoms with E-state index in [9.17, 15) is 4.79 Å². The smallest absolute Gasteiger partial charge is 0.229 e. The van der Waals surface area contributed by atoms with Crippen molar-refractivity contribution in [2.75, 3.05) is 30.4 Å². The van der Waals surface area contributed by atoms with Crippen LogP contribution in [0.4, 0.5) is 11.5 Å². The molecule has 160 valence electrons. The Morgan fingerprint density at radius 3 is 2.74 bits per heavy atom. The van der Waals surface area contributed by atoms with E-state index in [1.165, 1.54) is 0 Å². The average molecular weight is 457 g/mol. The van der Waals surface area contributed by atoms with Crippen molar-refractivity contribution >= 4 is 40.6 Å². The second-order valence-corrected chi connectivity index (χ2v) is 8.22. The molecule has 4 rings (SSSR count). The first-order valence-electron chi connectivity index (χ1n) is 10.0. The van der Waals surface area contributed by atoms with Gasteiger partial charge >= 0.3 is 0 Å². The second-order valence-electron chi connectivity index (χ2n) is 7.38. The largest absolute Gasteiger partial charge is 0.496 e. The summed E-state index contributed by atoms with van der Waals surface area (Å²) in [5, 5.41) is 12.7. The van der Waals surface area contributed by atoms with E-state index < -0.39 is 0 Å². The molecule has 1 saturated heterocycles. The lowest BCUT2D eigenvalue weighted by molar-refractivity contribution is -0.120. The summed E-state index contributed by atoms with van der Waals surface area (Å²) in [4.78, 5) is 14.9. The predicted octanol–water partition coefficient (Wildman–Crippen LogP) is 5.31. The van der Waals surface area contributed by atoms with Crippen molar-refractivity contribution in [1.82, 2.24) is 10.2 Å². The molecular formula is C23H22Cl2N4O2. The van der Waals surface area contributed by atoms with E-state index in [2.05, 4.69) is 20.4 Å². The average Bonchev–Trinajstić information content (AvgIpc) is 2.81. The number of anilines is 2. The number of hydrogen-bond acceptors (Lipinski definition) is 5.